The van der Waals surface area contributed by atoms with Gasteiger partial charge in [-0.25, -0.2) is 0 Å². The zero-order valence-corrected chi connectivity index (χ0v) is 14.0. The molecule has 3 heteroatoms. The van der Waals surface area contributed by atoms with Gasteiger partial charge < -0.3 is 4.84 Å². The summed E-state index contributed by atoms with van der Waals surface area (Å²) in [4.78, 5) is 5.81. The Kier molecular flexibility index (Phi) is 5.77. The molecule has 2 nitrogen and oxygen atoms in total. The van der Waals surface area contributed by atoms with Crippen molar-refractivity contribution in [2.75, 3.05) is 0 Å². The first-order chi connectivity index (χ1) is 10.8. The standard InChI is InChI=1S/C19H26ClNO/c20-16-13-11-15(12-14-16)19-17-9-7-5-3-1-2-4-6-8-10-18(17)22-21-19/h11-14,17-18H,1-10H2/t17-,18-/m0/s1. The molecule has 1 aromatic carbocycles. The van der Waals surface area contributed by atoms with Crippen molar-refractivity contribution in [3.05, 3.63) is 34.9 Å². The highest BCUT2D eigenvalue weighted by atomic mass is 35.5. The van der Waals surface area contributed by atoms with Crippen LogP contribution in [-0.2, 0) is 4.84 Å². The van der Waals surface area contributed by atoms with E-state index >= 15 is 0 Å². The van der Waals surface area contributed by atoms with E-state index in [1.54, 1.807) is 0 Å². The largest absolute Gasteiger partial charge is 0.392 e. The number of fused-ring (bicyclic) bond motifs is 1. The van der Waals surface area contributed by atoms with Gasteiger partial charge in [0.25, 0.3) is 0 Å². The molecule has 1 fully saturated rings. The third-order valence-electron chi connectivity index (χ3n) is 4.98. The second kappa shape index (κ2) is 8.01. The predicted octanol–water partition coefficient (Wildman–Crippen LogP) is 5.97. The molecule has 0 spiro atoms. The summed E-state index contributed by atoms with van der Waals surface area (Å²) in [6, 6.07) is 8.04. The molecule has 0 N–H and O–H groups in total. The topological polar surface area (TPSA) is 21.6 Å². The van der Waals surface area contributed by atoms with Crippen molar-refractivity contribution in [3.63, 3.8) is 0 Å². The maximum absolute atomic E-state index is 6.01. The summed E-state index contributed by atoms with van der Waals surface area (Å²) >= 11 is 6.01. The van der Waals surface area contributed by atoms with Crippen LogP contribution in [0.25, 0.3) is 0 Å². The van der Waals surface area contributed by atoms with E-state index in [4.69, 9.17) is 16.4 Å². The van der Waals surface area contributed by atoms with E-state index in [9.17, 15) is 0 Å². The Morgan fingerprint density at radius 2 is 1.41 bits per heavy atom. The maximum atomic E-state index is 6.01. The number of halogens is 1. The van der Waals surface area contributed by atoms with Gasteiger partial charge in [0.15, 0.2) is 0 Å². The normalized spacial score (nSPS) is 27.0. The molecule has 120 valence electrons. The minimum Gasteiger partial charge on any atom is -0.392 e. The van der Waals surface area contributed by atoms with Gasteiger partial charge >= 0.3 is 0 Å². The zero-order chi connectivity index (χ0) is 15.2. The molecule has 0 saturated heterocycles. The highest BCUT2D eigenvalue weighted by Gasteiger charge is 2.34. The van der Waals surface area contributed by atoms with Crippen molar-refractivity contribution >= 4 is 17.3 Å². The summed E-state index contributed by atoms with van der Waals surface area (Å²) in [7, 11) is 0. The Morgan fingerprint density at radius 3 is 2.09 bits per heavy atom. The van der Waals surface area contributed by atoms with Crippen LogP contribution in [0.4, 0.5) is 0 Å². The summed E-state index contributed by atoms with van der Waals surface area (Å²) in [5, 5.41) is 5.22. The molecule has 2 atom stereocenters. The molecule has 0 bridgehead atoms. The van der Waals surface area contributed by atoms with Crippen LogP contribution in [0.1, 0.15) is 69.8 Å². The van der Waals surface area contributed by atoms with Gasteiger partial charge in [-0.1, -0.05) is 73.8 Å². The van der Waals surface area contributed by atoms with E-state index in [1.165, 1.54) is 63.4 Å². The van der Waals surface area contributed by atoms with Crippen molar-refractivity contribution < 1.29 is 4.84 Å². The van der Waals surface area contributed by atoms with Crippen molar-refractivity contribution in [1.29, 1.82) is 0 Å². The van der Waals surface area contributed by atoms with Crippen LogP contribution in [0.15, 0.2) is 29.4 Å². The second-order valence-corrected chi connectivity index (χ2v) is 7.08. The van der Waals surface area contributed by atoms with Crippen molar-refractivity contribution in [1.82, 2.24) is 0 Å². The maximum Gasteiger partial charge on any atom is 0.136 e. The molecule has 1 aromatic rings. The summed E-state index contributed by atoms with van der Waals surface area (Å²) in [5.74, 6) is 0.459. The van der Waals surface area contributed by atoms with Crippen LogP contribution in [0.5, 0.6) is 0 Å². The fraction of sp³-hybridized carbons (Fsp3) is 0.632. The lowest BCUT2D eigenvalue weighted by Gasteiger charge is -2.19. The predicted molar refractivity (Wildman–Crippen MR) is 92.5 cm³/mol. The summed E-state index contributed by atoms with van der Waals surface area (Å²) in [5.41, 5.74) is 2.31. The summed E-state index contributed by atoms with van der Waals surface area (Å²) in [6.07, 6.45) is 13.4. The average Bonchev–Trinajstić information content (AvgIpc) is 2.91. The number of hydrogen-bond donors (Lipinski definition) is 0. The molecule has 1 saturated carbocycles. The van der Waals surface area contributed by atoms with Crippen molar-refractivity contribution in [2.24, 2.45) is 11.1 Å². The van der Waals surface area contributed by atoms with Crippen molar-refractivity contribution in [2.45, 2.75) is 70.3 Å². The lowest BCUT2D eigenvalue weighted by molar-refractivity contribution is 0.0507. The summed E-state index contributed by atoms with van der Waals surface area (Å²) in [6.45, 7) is 0. The Morgan fingerprint density at radius 1 is 0.818 bits per heavy atom. The van der Waals surface area contributed by atoms with Gasteiger partial charge in [-0.15, -0.1) is 0 Å². The van der Waals surface area contributed by atoms with E-state index in [0.717, 1.165) is 17.2 Å². The first-order valence-corrected chi connectivity index (χ1v) is 9.22. The van der Waals surface area contributed by atoms with Crippen LogP contribution < -0.4 is 0 Å². The van der Waals surface area contributed by atoms with E-state index in [1.807, 2.05) is 12.1 Å². The highest BCUT2D eigenvalue weighted by molar-refractivity contribution is 6.30. The number of benzene rings is 1. The Bertz CT molecular complexity index is 497. The SMILES string of the molecule is Clc1ccc(C2=NO[C@H]3CCCCCCCCCC[C@H]23)cc1. The Balaban J connectivity index is 1.70. The quantitative estimate of drug-likeness (QED) is 0.624. The minimum absolute atomic E-state index is 0.283. The number of hydrogen-bond acceptors (Lipinski definition) is 2. The average molecular weight is 320 g/mol. The van der Waals surface area contributed by atoms with Gasteiger partial charge in [0.2, 0.25) is 0 Å². The molecule has 1 aliphatic carbocycles. The fourth-order valence-electron chi connectivity index (χ4n) is 3.68. The molecule has 22 heavy (non-hydrogen) atoms. The molecular weight excluding hydrogens is 294 g/mol. The molecule has 1 aliphatic heterocycles. The molecule has 2 aliphatic rings. The van der Waals surface area contributed by atoms with E-state index in [0.29, 0.717) is 5.92 Å². The smallest absolute Gasteiger partial charge is 0.136 e. The molecule has 0 amide bonds. The second-order valence-electron chi connectivity index (χ2n) is 6.64. The molecule has 1 heterocycles. The van der Waals surface area contributed by atoms with Gasteiger partial charge in [0.1, 0.15) is 6.10 Å². The van der Waals surface area contributed by atoms with Gasteiger partial charge in [0, 0.05) is 10.9 Å². The first kappa shape index (κ1) is 15.9. The Labute approximate surface area is 138 Å². The summed E-state index contributed by atoms with van der Waals surface area (Å²) < 4.78 is 0. The van der Waals surface area contributed by atoms with Crippen LogP contribution in [0.3, 0.4) is 0 Å². The highest BCUT2D eigenvalue weighted by Crippen LogP contribution is 2.32. The third-order valence-corrected chi connectivity index (χ3v) is 5.23. The Hall–Kier alpha value is -1.02. The van der Waals surface area contributed by atoms with Crippen LogP contribution in [0.2, 0.25) is 5.02 Å². The van der Waals surface area contributed by atoms with Gasteiger partial charge in [-0.3, -0.25) is 0 Å². The van der Waals surface area contributed by atoms with Crippen LogP contribution in [0, 0.1) is 5.92 Å². The molecule has 0 aromatic heterocycles. The molecule has 0 radical (unpaired) electrons. The number of rotatable bonds is 1. The van der Waals surface area contributed by atoms with E-state index in [2.05, 4.69) is 17.3 Å². The van der Waals surface area contributed by atoms with Gasteiger partial charge in [-0.05, 0) is 37.0 Å². The monoisotopic (exact) mass is 319 g/mol. The van der Waals surface area contributed by atoms with E-state index in [-0.39, 0.29) is 6.10 Å². The van der Waals surface area contributed by atoms with Crippen LogP contribution in [-0.4, -0.2) is 11.8 Å². The lowest BCUT2D eigenvalue weighted by atomic mass is 9.85. The van der Waals surface area contributed by atoms with Crippen molar-refractivity contribution in [3.8, 4) is 0 Å². The molecular formula is C19H26ClNO. The van der Waals surface area contributed by atoms with E-state index < -0.39 is 0 Å². The third kappa shape index (κ3) is 4.04. The number of nitrogens with zero attached hydrogens (tertiary/aromatic N) is 1. The van der Waals surface area contributed by atoms with Gasteiger partial charge in [0.05, 0.1) is 5.71 Å². The minimum atomic E-state index is 0.283. The fourth-order valence-corrected chi connectivity index (χ4v) is 3.80. The first-order valence-electron chi connectivity index (χ1n) is 8.84. The number of oxime groups is 1. The zero-order valence-electron chi connectivity index (χ0n) is 13.3. The lowest BCUT2D eigenvalue weighted by Crippen LogP contribution is -2.24. The molecule has 0 unspecified atom stereocenters. The van der Waals surface area contributed by atoms with Gasteiger partial charge in [-0.2, -0.15) is 0 Å². The molecule has 3 rings (SSSR count). The van der Waals surface area contributed by atoms with Crippen LogP contribution >= 0.6 is 11.6 Å².